The third-order valence-electron chi connectivity index (χ3n) is 7.03. The molecule has 0 unspecified atom stereocenters. The monoisotopic (exact) mass is 639 g/mol. The number of anilines is 3. The molecule has 2 N–H and O–H groups in total. The highest BCUT2D eigenvalue weighted by atomic mass is 19.4. The van der Waals surface area contributed by atoms with Crippen molar-refractivity contribution in [3.05, 3.63) is 112 Å². The number of alkyl halides is 6. The van der Waals surface area contributed by atoms with Crippen LogP contribution in [0.5, 0.6) is 0 Å². The second-order valence-corrected chi connectivity index (χ2v) is 10.5. The number of carbonyl (C=O) groups excluding carboxylic acids is 1. The second kappa shape index (κ2) is 14.5. The molecule has 4 rings (SSSR count). The maximum atomic E-state index is 13.9. The maximum Gasteiger partial charge on any atom is 0.416 e. The molecule has 1 heterocycles. The van der Waals surface area contributed by atoms with Crippen molar-refractivity contribution in [3.8, 4) is 11.8 Å². The molecule has 0 saturated carbocycles. The molecule has 3 aromatic carbocycles. The molecule has 46 heavy (non-hydrogen) atoms. The van der Waals surface area contributed by atoms with Crippen LogP contribution in [0.15, 0.2) is 72.8 Å². The molecule has 240 valence electrons. The number of halogens is 6. The highest BCUT2D eigenvalue weighted by molar-refractivity contribution is 6.04. The van der Waals surface area contributed by atoms with E-state index in [0.717, 1.165) is 30.2 Å². The molecule has 6 nitrogen and oxygen atoms in total. The molecule has 0 atom stereocenters. The lowest BCUT2D eigenvalue weighted by Gasteiger charge is -2.22. The van der Waals surface area contributed by atoms with E-state index < -0.39 is 29.4 Å². The highest BCUT2D eigenvalue weighted by Crippen LogP contribution is 2.35. The molecule has 0 aliphatic rings. The number of rotatable bonds is 9. The average molecular weight is 640 g/mol. The van der Waals surface area contributed by atoms with Gasteiger partial charge in [-0.15, -0.1) is 10.2 Å². The van der Waals surface area contributed by atoms with Crippen LogP contribution in [0.3, 0.4) is 0 Å². The Kier molecular flexibility index (Phi) is 10.7. The minimum absolute atomic E-state index is 0.0214. The standard InChI is InChI=1S/C34H31F6N5O/c1-4-18-45(5-2)21-25-9-13-29(20-30(25)34(38,39)40)42-32(46)24-7-6-22(3)23(19-24)8-12-28-16-17-31(44-43-28)41-27-14-10-26(11-15-27)33(35,36)37/h6-7,9-11,13-17,19-20H,4-5,18,21H2,1-3H3,(H,41,44)(H,42,46). The third-order valence-corrected chi connectivity index (χ3v) is 7.03. The van der Waals surface area contributed by atoms with Crippen LogP contribution in [-0.4, -0.2) is 34.1 Å². The predicted octanol–water partition coefficient (Wildman–Crippen LogP) is 8.45. The molecule has 1 aromatic heterocycles. The topological polar surface area (TPSA) is 70.2 Å². The Morgan fingerprint density at radius 2 is 1.54 bits per heavy atom. The van der Waals surface area contributed by atoms with Gasteiger partial charge in [-0.05, 0) is 104 Å². The molecule has 4 aromatic rings. The molecular weight excluding hydrogens is 608 g/mol. The van der Waals surface area contributed by atoms with Gasteiger partial charge in [0.25, 0.3) is 5.91 Å². The quantitative estimate of drug-likeness (QED) is 0.142. The Morgan fingerprint density at radius 3 is 2.15 bits per heavy atom. The van der Waals surface area contributed by atoms with Crippen molar-refractivity contribution in [3.63, 3.8) is 0 Å². The Labute approximate surface area is 262 Å². The largest absolute Gasteiger partial charge is 0.416 e. The van der Waals surface area contributed by atoms with Crippen molar-refractivity contribution < 1.29 is 31.1 Å². The average Bonchev–Trinajstić information content (AvgIpc) is 3.01. The fourth-order valence-corrected chi connectivity index (χ4v) is 4.55. The van der Waals surface area contributed by atoms with Crippen LogP contribution < -0.4 is 10.6 Å². The zero-order valence-electron chi connectivity index (χ0n) is 25.3. The van der Waals surface area contributed by atoms with Gasteiger partial charge in [-0.25, -0.2) is 0 Å². The van der Waals surface area contributed by atoms with Crippen LogP contribution in [-0.2, 0) is 18.9 Å². The Morgan fingerprint density at radius 1 is 0.826 bits per heavy atom. The van der Waals surface area contributed by atoms with E-state index in [0.29, 0.717) is 35.9 Å². The highest BCUT2D eigenvalue weighted by Gasteiger charge is 2.34. The summed E-state index contributed by atoms with van der Waals surface area (Å²) in [5.74, 6) is 5.49. The minimum Gasteiger partial charge on any atom is -0.339 e. The molecule has 12 heteroatoms. The van der Waals surface area contributed by atoms with E-state index in [1.807, 2.05) is 18.7 Å². The number of hydrogen-bond donors (Lipinski definition) is 2. The predicted molar refractivity (Wildman–Crippen MR) is 165 cm³/mol. The van der Waals surface area contributed by atoms with Gasteiger partial charge in [0.2, 0.25) is 0 Å². The lowest BCUT2D eigenvalue weighted by Crippen LogP contribution is -2.25. The fourth-order valence-electron chi connectivity index (χ4n) is 4.55. The summed E-state index contributed by atoms with van der Waals surface area (Å²) in [6, 6.07) is 16.2. The van der Waals surface area contributed by atoms with E-state index >= 15 is 0 Å². The van der Waals surface area contributed by atoms with Crippen LogP contribution in [0.25, 0.3) is 0 Å². The molecule has 0 aliphatic heterocycles. The maximum absolute atomic E-state index is 13.9. The number of nitrogens with zero attached hydrogens (tertiary/aromatic N) is 3. The van der Waals surface area contributed by atoms with E-state index in [4.69, 9.17) is 0 Å². The van der Waals surface area contributed by atoms with Crippen LogP contribution in [0, 0.1) is 18.8 Å². The van der Waals surface area contributed by atoms with Crippen LogP contribution in [0.1, 0.15) is 64.1 Å². The molecule has 0 bridgehead atoms. The lowest BCUT2D eigenvalue weighted by atomic mass is 10.0. The van der Waals surface area contributed by atoms with Crippen molar-refractivity contribution in [2.24, 2.45) is 0 Å². The number of carbonyl (C=O) groups is 1. The number of nitrogens with one attached hydrogen (secondary N) is 2. The van der Waals surface area contributed by atoms with Crippen molar-refractivity contribution in [1.82, 2.24) is 15.1 Å². The van der Waals surface area contributed by atoms with E-state index in [1.165, 1.54) is 30.3 Å². The van der Waals surface area contributed by atoms with Gasteiger partial charge in [-0.2, -0.15) is 26.3 Å². The van der Waals surface area contributed by atoms with Crippen molar-refractivity contribution in [2.45, 2.75) is 46.1 Å². The smallest absolute Gasteiger partial charge is 0.339 e. The zero-order valence-corrected chi connectivity index (χ0v) is 25.3. The zero-order chi connectivity index (χ0) is 33.5. The summed E-state index contributed by atoms with van der Waals surface area (Å²) in [6.45, 7) is 7.09. The van der Waals surface area contributed by atoms with E-state index in [9.17, 15) is 31.1 Å². The summed E-state index contributed by atoms with van der Waals surface area (Å²) in [5.41, 5.74) is 0.759. The molecule has 0 radical (unpaired) electrons. The van der Waals surface area contributed by atoms with Gasteiger partial charge in [0.05, 0.1) is 11.1 Å². The van der Waals surface area contributed by atoms with Gasteiger partial charge >= 0.3 is 12.4 Å². The Balaban J connectivity index is 1.46. The van der Waals surface area contributed by atoms with Crippen LogP contribution in [0.2, 0.25) is 0 Å². The number of aromatic nitrogens is 2. The Bertz CT molecular complexity index is 1720. The van der Waals surface area contributed by atoms with Crippen LogP contribution >= 0.6 is 0 Å². The first-order valence-corrected chi connectivity index (χ1v) is 14.4. The first kappa shape index (κ1) is 34.0. The Hall–Kier alpha value is -4.89. The summed E-state index contributed by atoms with van der Waals surface area (Å²) in [6.07, 6.45) is -8.20. The molecule has 0 aliphatic carbocycles. The molecule has 0 spiro atoms. The van der Waals surface area contributed by atoms with Crippen molar-refractivity contribution in [2.75, 3.05) is 23.7 Å². The lowest BCUT2D eigenvalue weighted by molar-refractivity contribution is -0.138. The van der Waals surface area contributed by atoms with Crippen LogP contribution in [0.4, 0.5) is 43.5 Å². The summed E-state index contributed by atoms with van der Waals surface area (Å²) in [5, 5.41) is 13.4. The first-order valence-electron chi connectivity index (χ1n) is 14.4. The van der Waals surface area contributed by atoms with Gasteiger partial charge in [0.15, 0.2) is 5.82 Å². The number of benzene rings is 3. The summed E-state index contributed by atoms with van der Waals surface area (Å²) < 4.78 is 80.1. The van der Waals surface area contributed by atoms with Gasteiger partial charge in [-0.1, -0.05) is 31.9 Å². The van der Waals surface area contributed by atoms with E-state index in [2.05, 4.69) is 32.7 Å². The number of amides is 1. The SMILES string of the molecule is CCCN(CC)Cc1ccc(NC(=O)c2ccc(C)c(C#Cc3ccc(Nc4ccc(C(F)(F)F)cc4)nn3)c2)cc1C(F)(F)F. The molecule has 0 fully saturated rings. The summed E-state index contributed by atoms with van der Waals surface area (Å²) in [7, 11) is 0. The van der Waals surface area contributed by atoms with Gasteiger partial charge in [0.1, 0.15) is 5.69 Å². The molecular formula is C34H31F6N5O. The van der Waals surface area contributed by atoms with E-state index in [1.54, 1.807) is 31.2 Å². The second-order valence-electron chi connectivity index (χ2n) is 10.5. The molecule has 0 saturated heterocycles. The number of aryl methyl sites for hydroxylation is 1. The first-order chi connectivity index (χ1) is 21.8. The number of hydrogen-bond acceptors (Lipinski definition) is 5. The van der Waals surface area contributed by atoms with Gasteiger partial charge < -0.3 is 10.6 Å². The summed E-state index contributed by atoms with van der Waals surface area (Å²) >= 11 is 0. The van der Waals surface area contributed by atoms with Crippen molar-refractivity contribution >= 4 is 23.1 Å². The fraction of sp³-hybridized carbons (Fsp3) is 0.265. The van der Waals surface area contributed by atoms with E-state index in [-0.39, 0.29) is 23.4 Å². The minimum atomic E-state index is -4.59. The van der Waals surface area contributed by atoms with Crippen molar-refractivity contribution in [1.29, 1.82) is 0 Å². The van der Waals surface area contributed by atoms with Gasteiger partial charge in [0, 0.05) is 29.0 Å². The molecule has 1 amide bonds. The normalized spacial score (nSPS) is 11.6. The summed E-state index contributed by atoms with van der Waals surface area (Å²) in [4.78, 5) is 15.0. The van der Waals surface area contributed by atoms with Gasteiger partial charge in [-0.3, -0.25) is 9.69 Å². The third kappa shape index (κ3) is 9.08.